The molecule has 0 fully saturated rings. The van der Waals surface area contributed by atoms with Gasteiger partial charge in [0, 0.05) is 0 Å². The number of ether oxygens (including phenoxy) is 2. The Bertz CT molecular complexity index is 477. The quantitative estimate of drug-likeness (QED) is 0.666. The van der Waals surface area contributed by atoms with Gasteiger partial charge in [-0.1, -0.05) is 24.3 Å². The van der Waals surface area contributed by atoms with E-state index in [-0.39, 0.29) is 0 Å². The molecule has 0 aromatic heterocycles. The number of hydrogen-bond acceptors (Lipinski definition) is 2. The molecule has 0 bridgehead atoms. The monoisotopic (exact) mass is 269 g/mol. The molecule has 2 heteroatoms. The van der Waals surface area contributed by atoms with Gasteiger partial charge in [0.15, 0.2) is 0 Å². The smallest absolute Gasteiger partial charge is 0.119 e. The third-order valence-electron chi connectivity index (χ3n) is 3.05. The van der Waals surface area contributed by atoms with Crippen molar-refractivity contribution in [2.45, 2.75) is 26.2 Å². The van der Waals surface area contributed by atoms with Gasteiger partial charge in [0.2, 0.25) is 0 Å². The van der Waals surface area contributed by atoms with Crippen molar-refractivity contribution >= 4 is 0 Å². The van der Waals surface area contributed by atoms with Crippen molar-refractivity contribution in [3.63, 3.8) is 0 Å². The first-order valence-electron chi connectivity index (χ1n) is 7.19. The Morgan fingerprint density at radius 3 is 2.25 bits per heavy atom. The summed E-state index contributed by atoms with van der Waals surface area (Å²) in [6, 6.07) is 18.9. The molecule has 0 unspecified atom stereocenters. The molecule has 1 radical (unpaired) electrons. The molecule has 2 aromatic rings. The van der Waals surface area contributed by atoms with E-state index < -0.39 is 0 Å². The van der Waals surface area contributed by atoms with Crippen LogP contribution in [0.1, 0.15) is 25.3 Å². The van der Waals surface area contributed by atoms with E-state index in [0.717, 1.165) is 37.4 Å². The molecule has 0 spiro atoms. The van der Waals surface area contributed by atoms with E-state index >= 15 is 0 Å². The van der Waals surface area contributed by atoms with Gasteiger partial charge in [-0.05, 0) is 62.1 Å². The summed E-state index contributed by atoms with van der Waals surface area (Å²) in [6.07, 6.45) is 3.27. The van der Waals surface area contributed by atoms with Crippen molar-refractivity contribution < 1.29 is 9.47 Å². The minimum Gasteiger partial charge on any atom is -0.494 e. The maximum atomic E-state index is 5.65. The minimum atomic E-state index is 0.716. The Balaban J connectivity index is 1.63. The van der Waals surface area contributed by atoms with Crippen LogP contribution in [-0.2, 0) is 6.42 Å². The van der Waals surface area contributed by atoms with E-state index in [1.54, 1.807) is 0 Å². The Morgan fingerprint density at radius 1 is 0.850 bits per heavy atom. The maximum Gasteiger partial charge on any atom is 0.119 e. The lowest BCUT2D eigenvalue weighted by atomic mass is 10.1. The van der Waals surface area contributed by atoms with Crippen LogP contribution >= 0.6 is 0 Å². The molecule has 105 valence electrons. The highest BCUT2D eigenvalue weighted by molar-refractivity contribution is 5.27. The second kappa shape index (κ2) is 8.26. The molecule has 0 saturated carbocycles. The summed E-state index contributed by atoms with van der Waals surface area (Å²) in [4.78, 5) is 0. The van der Waals surface area contributed by atoms with Crippen LogP contribution in [0.3, 0.4) is 0 Å². The lowest BCUT2D eigenvalue weighted by Crippen LogP contribution is -1.98. The summed E-state index contributed by atoms with van der Waals surface area (Å²) >= 11 is 0. The van der Waals surface area contributed by atoms with Gasteiger partial charge >= 0.3 is 0 Å². The van der Waals surface area contributed by atoms with Crippen molar-refractivity contribution in [2.75, 3.05) is 13.2 Å². The standard InChI is InChI=1S/C18H21O2/c1-2-19-18-13-11-16(12-14-18)8-6-7-15-20-17-9-4-3-5-10-17/h4-5,9-14H,2,6-8,15H2,1H3. The molecule has 0 saturated heterocycles. The summed E-state index contributed by atoms with van der Waals surface area (Å²) in [7, 11) is 0. The normalized spacial score (nSPS) is 10.2. The van der Waals surface area contributed by atoms with Crippen LogP contribution in [0.15, 0.2) is 48.5 Å². The fraction of sp³-hybridized carbons (Fsp3) is 0.333. The molecular weight excluding hydrogens is 248 g/mol. The van der Waals surface area contributed by atoms with E-state index in [0.29, 0.717) is 6.61 Å². The number of unbranched alkanes of at least 4 members (excludes halogenated alkanes) is 1. The molecule has 0 atom stereocenters. The fourth-order valence-electron chi connectivity index (χ4n) is 2.01. The van der Waals surface area contributed by atoms with Crippen molar-refractivity contribution in [1.29, 1.82) is 0 Å². The van der Waals surface area contributed by atoms with Crippen LogP contribution < -0.4 is 9.47 Å². The van der Waals surface area contributed by atoms with Gasteiger partial charge in [-0.3, -0.25) is 0 Å². The summed E-state index contributed by atoms with van der Waals surface area (Å²) in [5, 5.41) is 0. The Kier molecular flexibility index (Phi) is 5.97. The third-order valence-corrected chi connectivity index (χ3v) is 3.05. The van der Waals surface area contributed by atoms with Crippen molar-refractivity contribution in [3.05, 3.63) is 60.2 Å². The van der Waals surface area contributed by atoms with Gasteiger partial charge < -0.3 is 9.47 Å². The van der Waals surface area contributed by atoms with Crippen molar-refractivity contribution in [1.82, 2.24) is 0 Å². The van der Waals surface area contributed by atoms with Gasteiger partial charge in [0.25, 0.3) is 0 Å². The van der Waals surface area contributed by atoms with Crippen LogP contribution in [0.4, 0.5) is 0 Å². The molecule has 2 rings (SSSR count). The predicted molar refractivity (Wildman–Crippen MR) is 81.3 cm³/mol. The second-order valence-electron chi connectivity index (χ2n) is 4.62. The Hall–Kier alpha value is -1.96. The first-order valence-corrected chi connectivity index (χ1v) is 7.19. The zero-order valence-electron chi connectivity index (χ0n) is 12.0. The summed E-state index contributed by atoms with van der Waals surface area (Å²) in [6.45, 7) is 3.48. The second-order valence-corrected chi connectivity index (χ2v) is 4.62. The van der Waals surface area contributed by atoms with Crippen molar-refractivity contribution in [2.24, 2.45) is 0 Å². The summed E-state index contributed by atoms with van der Waals surface area (Å²) in [5.41, 5.74) is 1.35. The zero-order chi connectivity index (χ0) is 14.0. The van der Waals surface area contributed by atoms with Crippen molar-refractivity contribution in [3.8, 4) is 11.5 Å². The predicted octanol–water partition coefficient (Wildman–Crippen LogP) is 4.29. The Morgan fingerprint density at radius 2 is 1.55 bits per heavy atom. The third kappa shape index (κ3) is 4.96. The lowest BCUT2D eigenvalue weighted by molar-refractivity contribution is 0.307. The van der Waals surface area contributed by atoms with Crippen LogP contribution in [0.5, 0.6) is 11.5 Å². The number of hydrogen-bond donors (Lipinski definition) is 0. The molecule has 0 aliphatic heterocycles. The molecule has 2 nitrogen and oxygen atoms in total. The van der Waals surface area contributed by atoms with Crippen LogP contribution in [0.25, 0.3) is 0 Å². The molecular formula is C18H21O2. The average molecular weight is 269 g/mol. The van der Waals surface area contributed by atoms with E-state index in [1.807, 2.05) is 43.3 Å². The number of aryl methyl sites for hydroxylation is 1. The van der Waals surface area contributed by atoms with Crippen LogP contribution in [-0.4, -0.2) is 13.2 Å². The fourth-order valence-corrected chi connectivity index (χ4v) is 2.01. The van der Waals surface area contributed by atoms with Gasteiger partial charge in [-0.2, -0.15) is 0 Å². The highest BCUT2D eigenvalue weighted by atomic mass is 16.5. The molecule has 0 amide bonds. The van der Waals surface area contributed by atoms with E-state index in [4.69, 9.17) is 9.47 Å². The molecule has 2 aromatic carbocycles. The van der Waals surface area contributed by atoms with Gasteiger partial charge in [0.1, 0.15) is 11.5 Å². The Labute approximate surface area is 121 Å². The van der Waals surface area contributed by atoms with E-state index in [2.05, 4.69) is 18.2 Å². The van der Waals surface area contributed by atoms with E-state index in [1.165, 1.54) is 5.56 Å². The summed E-state index contributed by atoms with van der Waals surface area (Å²) < 4.78 is 11.1. The lowest BCUT2D eigenvalue weighted by Gasteiger charge is -2.07. The van der Waals surface area contributed by atoms with Crippen LogP contribution in [0, 0.1) is 6.07 Å². The van der Waals surface area contributed by atoms with Crippen LogP contribution in [0.2, 0.25) is 0 Å². The first kappa shape index (κ1) is 14.4. The highest BCUT2D eigenvalue weighted by Gasteiger charge is 1.97. The maximum absolute atomic E-state index is 5.65. The minimum absolute atomic E-state index is 0.716. The molecule has 0 heterocycles. The topological polar surface area (TPSA) is 18.5 Å². The highest BCUT2D eigenvalue weighted by Crippen LogP contribution is 2.14. The molecule has 0 aliphatic carbocycles. The number of rotatable bonds is 8. The zero-order valence-corrected chi connectivity index (χ0v) is 12.0. The average Bonchev–Trinajstić information content (AvgIpc) is 2.50. The molecule has 20 heavy (non-hydrogen) atoms. The number of benzene rings is 2. The first-order chi connectivity index (χ1) is 9.88. The van der Waals surface area contributed by atoms with Gasteiger partial charge in [-0.15, -0.1) is 0 Å². The summed E-state index contributed by atoms with van der Waals surface area (Å²) in [5.74, 6) is 1.87. The molecule has 0 aliphatic rings. The SMILES string of the molecule is CCOc1ccc(CCCCOc2cc[c]cc2)cc1. The van der Waals surface area contributed by atoms with Gasteiger partial charge in [0.05, 0.1) is 13.2 Å². The van der Waals surface area contributed by atoms with Gasteiger partial charge in [-0.25, -0.2) is 0 Å². The largest absolute Gasteiger partial charge is 0.494 e. The molecule has 0 N–H and O–H groups in total. The van der Waals surface area contributed by atoms with E-state index in [9.17, 15) is 0 Å².